The van der Waals surface area contributed by atoms with Crippen molar-refractivity contribution in [3.05, 3.63) is 60.7 Å². The third kappa shape index (κ3) is 4.57. The Labute approximate surface area is 164 Å². The van der Waals surface area contributed by atoms with Gasteiger partial charge in [0.15, 0.2) is 11.7 Å². The topological polar surface area (TPSA) is 71.3 Å². The van der Waals surface area contributed by atoms with Gasteiger partial charge in [-0.15, -0.1) is 0 Å². The summed E-state index contributed by atoms with van der Waals surface area (Å²) >= 11 is 0. The zero-order chi connectivity index (χ0) is 19.2. The van der Waals surface area contributed by atoms with Gasteiger partial charge in [-0.25, -0.2) is 9.97 Å². The van der Waals surface area contributed by atoms with Crippen molar-refractivity contribution in [3.63, 3.8) is 0 Å². The first kappa shape index (κ1) is 18.2. The highest BCUT2D eigenvalue weighted by atomic mass is 16.4. The van der Waals surface area contributed by atoms with E-state index < -0.39 is 0 Å². The maximum atomic E-state index is 12.2. The molecule has 0 bridgehead atoms. The number of hydrogen-bond donors (Lipinski definition) is 1. The molecule has 28 heavy (non-hydrogen) atoms. The minimum atomic E-state index is -0.0769. The molecule has 0 aliphatic carbocycles. The lowest BCUT2D eigenvalue weighted by molar-refractivity contribution is -0.116. The Morgan fingerprint density at radius 2 is 1.82 bits per heavy atom. The molecule has 0 spiro atoms. The second-order valence-electron chi connectivity index (χ2n) is 6.99. The van der Waals surface area contributed by atoms with Crippen molar-refractivity contribution in [3.8, 4) is 11.3 Å². The molecular weight excluding hydrogens is 352 g/mol. The molecule has 1 aliphatic rings. The van der Waals surface area contributed by atoms with E-state index in [0.717, 1.165) is 24.5 Å². The van der Waals surface area contributed by atoms with Gasteiger partial charge in [0.25, 0.3) is 0 Å². The molecule has 0 unspecified atom stereocenters. The molecule has 1 aliphatic heterocycles. The molecule has 144 valence electrons. The first-order valence-corrected chi connectivity index (χ1v) is 9.79. The molecule has 3 heterocycles. The lowest BCUT2D eigenvalue weighted by Crippen LogP contribution is -2.30. The van der Waals surface area contributed by atoms with Crippen LogP contribution in [0.3, 0.4) is 0 Å². The van der Waals surface area contributed by atoms with Gasteiger partial charge in [0.1, 0.15) is 5.82 Å². The predicted molar refractivity (Wildman–Crippen MR) is 109 cm³/mol. The fourth-order valence-corrected chi connectivity index (χ4v) is 3.38. The Balaban J connectivity index is 1.28. The van der Waals surface area contributed by atoms with E-state index in [4.69, 9.17) is 4.42 Å². The Kier molecular flexibility index (Phi) is 5.66. The number of carbonyl (C=O) groups excluding carboxylic acids is 1. The van der Waals surface area contributed by atoms with Crippen molar-refractivity contribution in [2.24, 2.45) is 0 Å². The van der Waals surface area contributed by atoms with E-state index in [0.29, 0.717) is 30.2 Å². The summed E-state index contributed by atoms with van der Waals surface area (Å²) in [6, 6.07) is 13.7. The predicted octanol–water partition coefficient (Wildman–Crippen LogP) is 4.30. The number of anilines is 2. The summed E-state index contributed by atoms with van der Waals surface area (Å²) in [5.41, 5.74) is 1.69. The third-order valence-electron chi connectivity index (χ3n) is 4.89. The fraction of sp³-hybridized carbons (Fsp3) is 0.318. The van der Waals surface area contributed by atoms with Gasteiger partial charge in [0, 0.05) is 31.5 Å². The highest BCUT2D eigenvalue weighted by Gasteiger charge is 2.13. The summed E-state index contributed by atoms with van der Waals surface area (Å²) in [7, 11) is 0. The number of piperidine rings is 1. The molecule has 6 nitrogen and oxygen atoms in total. The van der Waals surface area contributed by atoms with Crippen LogP contribution in [-0.2, 0) is 11.2 Å². The van der Waals surface area contributed by atoms with Crippen LogP contribution < -0.4 is 10.2 Å². The van der Waals surface area contributed by atoms with Crippen molar-refractivity contribution in [2.45, 2.75) is 32.1 Å². The fourth-order valence-electron chi connectivity index (χ4n) is 3.38. The highest BCUT2D eigenvalue weighted by Crippen LogP contribution is 2.21. The van der Waals surface area contributed by atoms with E-state index >= 15 is 0 Å². The van der Waals surface area contributed by atoms with Gasteiger partial charge >= 0.3 is 0 Å². The van der Waals surface area contributed by atoms with Crippen LogP contribution in [0.4, 0.5) is 11.5 Å². The van der Waals surface area contributed by atoms with E-state index in [1.165, 1.54) is 19.3 Å². The molecule has 4 rings (SSSR count). The molecule has 1 aromatic carbocycles. The Morgan fingerprint density at radius 1 is 1.00 bits per heavy atom. The summed E-state index contributed by atoms with van der Waals surface area (Å²) in [5, 5.41) is 2.89. The Morgan fingerprint density at radius 3 is 2.57 bits per heavy atom. The van der Waals surface area contributed by atoms with Gasteiger partial charge in [0.05, 0.1) is 18.1 Å². The Bertz CT molecular complexity index is 900. The van der Waals surface area contributed by atoms with Gasteiger partial charge in [0.2, 0.25) is 5.91 Å². The molecule has 1 saturated heterocycles. The molecule has 0 atom stereocenters. The lowest BCUT2D eigenvalue weighted by Gasteiger charge is -2.27. The molecule has 1 N–H and O–H groups in total. The van der Waals surface area contributed by atoms with Crippen LogP contribution in [0.5, 0.6) is 0 Å². The smallest absolute Gasteiger partial charge is 0.224 e. The van der Waals surface area contributed by atoms with Crippen LogP contribution in [0, 0.1) is 0 Å². The maximum Gasteiger partial charge on any atom is 0.224 e. The standard InChI is InChI=1S/C22H24N4O2/c27-21(11-12-22-24-16-19(28-22)17-7-3-1-4-8-17)25-18-9-10-20(23-15-18)26-13-5-2-6-14-26/h1,3-4,7-10,15-16H,2,5-6,11-14H2,(H,25,27). The largest absolute Gasteiger partial charge is 0.441 e. The zero-order valence-electron chi connectivity index (χ0n) is 15.8. The van der Waals surface area contributed by atoms with Crippen LogP contribution >= 0.6 is 0 Å². The number of aryl methyl sites for hydroxylation is 1. The molecule has 6 heteroatoms. The second-order valence-corrected chi connectivity index (χ2v) is 6.99. The number of benzene rings is 1. The molecule has 1 amide bonds. The number of amides is 1. The number of carbonyl (C=O) groups is 1. The van der Waals surface area contributed by atoms with Gasteiger partial charge < -0.3 is 14.6 Å². The van der Waals surface area contributed by atoms with Crippen LogP contribution in [0.25, 0.3) is 11.3 Å². The van der Waals surface area contributed by atoms with E-state index in [2.05, 4.69) is 20.2 Å². The first-order chi connectivity index (χ1) is 13.8. The number of oxazole rings is 1. The molecule has 3 aromatic rings. The number of pyridine rings is 1. The van der Waals surface area contributed by atoms with Gasteiger partial charge in [-0.3, -0.25) is 4.79 Å². The monoisotopic (exact) mass is 376 g/mol. The van der Waals surface area contributed by atoms with Crippen molar-refractivity contribution < 1.29 is 9.21 Å². The quantitative estimate of drug-likeness (QED) is 0.694. The molecule has 2 aromatic heterocycles. The average Bonchev–Trinajstić information content (AvgIpc) is 3.23. The third-order valence-corrected chi connectivity index (χ3v) is 4.89. The molecular formula is C22H24N4O2. The number of nitrogens with zero attached hydrogens (tertiary/aromatic N) is 3. The van der Waals surface area contributed by atoms with Crippen LogP contribution in [0.1, 0.15) is 31.6 Å². The second kappa shape index (κ2) is 8.69. The minimum absolute atomic E-state index is 0.0769. The average molecular weight is 376 g/mol. The summed E-state index contributed by atoms with van der Waals surface area (Å²) in [6.07, 6.45) is 7.91. The van der Waals surface area contributed by atoms with Crippen LogP contribution in [0.2, 0.25) is 0 Å². The van der Waals surface area contributed by atoms with Gasteiger partial charge in [-0.2, -0.15) is 0 Å². The summed E-state index contributed by atoms with van der Waals surface area (Å²) < 4.78 is 5.74. The minimum Gasteiger partial charge on any atom is -0.441 e. The van der Waals surface area contributed by atoms with Crippen LogP contribution in [-0.4, -0.2) is 29.0 Å². The number of aromatic nitrogens is 2. The highest BCUT2D eigenvalue weighted by molar-refractivity contribution is 5.90. The van der Waals surface area contributed by atoms with E-state index in [1.54, 1.807) is 12.4 Å². The summed E-state index contributed by atoms with van der Waals surface area (Å²) in [4.78, 5) is 23.3. The molecule has 1 fully saturated rings. The van der Waals surface area contributed by atoms with E-state index in [9.17, 15) is 4.79 Å². The summed E-state index contributed by atoms with van der Waals surface area (Å²) in [6.45, 7) is 2.11. The normalized spacial score (nSPS) is 14.1. The zero-order valence-corrected chi connectivity index (χ0v) is 15.8. The summed E-state index contributed by atoms with van der Waals surface area (Å²) in [5.74, 6) is 2.18. The van der Waals surface area contributed by atoms with Crippen molar-refractivity contribution in [2.75, 3.05) is 23.3 Å². The SMILES string of the molecule is O=C(CCc1ncc(-c2ccccc2)o1)Nc1ccc(N2CCCCC2)nc1. The number of hydrogen-bond acceptors (Lipinski definition) is 5. The van der Waals surface area contributed by atoms with E-state index in [1.807, 2.05) is 42.5 Å². The first-order valence-electron chi connectivity index (χ1n) is 9.79. The van der Waals surface area contributed by atoms with Crippen LogP contribution in [0.15, 0.2) is 59.3 Å². The van der Waals surface area contributed by atoms with Crippen molar-refractivity contribution >= 4 is 17.4 Å². The van der Waals surface area contributed by atoms with Gasteiger partial charge in [-0.1, -0.05) is 30.3 Å². The van der Waals surface area contributed by atoms with Gasteiger partial charge in [-0.05, 0) is 31.4 Å². The van der Waals surface area contributed by atoms with Crippen molar-refractivity contribution in [1.29, 1.82) is 0 Å². The maximum absolute atomic E-state index is 12.2. The van der Waals surface area contributed by atoms with E-state index in [-0.39, 0.29) is 5.91 Å². The Hall–Kier alpha value is -3.15. The molecule has 0 saturated carbocycles. The lowest BCUT2D eigenvalue weighted by atomic mass is 10.1. The number of rotatable bonds is 6. The van der Waals surface area contributed by atoms with Crippen molar-refractivity contribution in [1.82, 2.24) is 9.97 Å². The number of nitrogens with one attached hydrogen (secondary N) is 1. The molecule has 0 radical (unpaired) electrons.